The average Bonchev–Trinajstić information content (AvgIpc) is 3.56. The zero-order chi connectivity index (χ0) is 56.7. The molecule has 8 aromatic rings. The zero-order valence-corrected chi connectivity index (χ0v) is 47.5. The third-order valence-corrected chi connectivity index (χ3v) is 20.9. The van der Waals surface area contributed by atoms with Crippen molar-refractivity contribution in [3.8, 4) is 5.75 Å². The number of rotatable bonds is 22. The predicted molar refractivity (Wildman–Crippen MR) is 319 cm³/mol. The summed E-state index contributed by atoms with van der Waals surface area (Å²) in [5.41, 5.74) is 22.2. The Morgan fingerprint density at radius 3 is 1.66 bits per heavy atom. The molecule has 8 aromatic carbocycles. The van der Waals surface area contributed by atoms with E-state index in [9.17, 15) is 15.9 Å². The van der Waals surface area contributed by atoms with Crippen molar-refractivity contribution in [3.63, 3.8) is 0 Å². The van der Waals surface area contributed by atoms with Crippen LogP contribution in [0.3, 0.4) is 0 Å². The lowest BCUT2D eigenvalue weighted by Crippen LogP contribution is -2.69. The van der Waals surface area contributed by atoms with Gasteiger partial charge in [-0.25, -0.2) is 4.79 Å². The van der Waals surface area contributed by atoms with Crippen LogP contribution in [0.4, 0.5) is 0 Å². The van der Waals surface area contributed by atoms with Crippen molar-refractivity contribution < 1.29 is 42.4 Å². The van der Waals surface area contributed by atoms with Gasteiger partial charge in [-0.2, -0.15) is 0 Å². The minimum Gasteiger partial charge on any atom is -0.491 e. The number of esters is 1. The Balaban J connectivity index is 1.10. The van der Waals surface area contributed by atoms with Crippen molar-refractivity contribution in [1.29, 1.82) is 0 Å². The number of nitrogens with zero attached hydrogens (tertiary/aromatic N) is 6. The highest BCUT2D eigenvalue weighted by molar-refractivity contribution is 7.99. The summed E-state index contributed by atoms with van der Waals surface area (Å²) in [6.07, 6.45) is -8.21. The van der Waals surface area contributed by atoms with Crippen molar-refractivity contribution in [2.24, 2.45) is 10.2 Å². The van der Waals surface area contributed by atoms with Crippen LogP contribution in [0.1, 0.15) is 42.3 Å². The maximum atomic E-state index is 14.5. The van der Waals surface area contributed by atoms with Crippen molar-refractivity contribution in [3.05, 3.63) is 262 Å². The highest BCUT2D eigenvalue weighted by Crippen LogP contribution is 2.42. The minimum absolute atomic E-state index is 0.0462. The number of hydrogen-bond donors (Lipinski definition) is 0. The fraction of sp³-hybridized carbons (Fsp3) is 0.277. The van der Waals surface area contributed by atoms with Crippen LogP contribution in [0.5, 0.6) is 5.75 Å². The van der Waals surface area contributed by atoms with E-state index in [0.717, 1.165) is 37.2 Å². The van der Waals surface area contributed by atoms with Gasteiger partial charge in [0.15, 0.2) is 12.4 Å². The summed E-state index contributed by atoms with van der Waals surface area (Å²) in [5, 5.41) is 12.5. The molecule has 2 heterocycles. The van der Waals surface area contributed by atoms with Gasteiger partial charge in [-0.1, -0.05) is 231 Å². The highest BCUT2D eigenvalue weighted by atomic mass is 32.2. The molecule has 0 spiro atoms. The molecule has 0 amide bonds. The first-order valence-electron chi connectivity index (χ1n) is 27.3. The lowest BCUT2D eigenvalue weighted by atomic mass is 9.95. The first-order valence-corrected chi connectivity index (χ1v) is 30.1. The van der Waals surface area contributed by atoms with E-state index in [4.69, 9.17) is 37.6 Å². The van der Waals surface area contributed by atoms with Crippen LogP contribution < -0.4 is 15.1 Å². The summed E-state index contributed by atoms with van der Waals surface area (Å²) in [7, 11) is -3.28. The summed E-state index contributed by atoms with van der Waals surface area (Å²) in [6.45, 7) is 6.62. The second-order valence-electron chi connectivity index (χ2n) is 21.1. The smallest absolute Gasteiger partial charge is 0.338 e. The van der Waals surface area contributed by atoms with Crippen LogP contribution in [0, 0.1) is 0 Å². The highest BCUT2D eigenvalue weighted by Gasteiger charge is 2.56. The molecule has 0 aromatic heterocycles. The number of hydrogen-bond acceptors (Lipinski definition) is 12. The van der Waals surface area contributed by atoms with Gasteiger partial charge < -0.3 is 37.6 Å². The fourth-order valence-corrected chi connectivity index (χ4v) is 16.5. The fourth-order valence-electron chi connectivity index (χ4n) is 10.8. The molecular weight excluding hydrogens is 1070 g/mol. The van der Waals surface area contributed by atoms with Crippen LogP contribution in [0.25, 0.3) is 31.7 Å². The monoisotopic (exact) mass is 1130 g/mol. The van der Waals surface area contributed by atoms with Crippen LogP contribution in [0.2, 0.25) is 5.04 Å². The Labute approximate surface area is 482 Å². The predicted octanol–water partition coefficient (Wildman–Crippen LogP) is 13.2. The van der Waals surface area contributed by atoms with Gasteiger partial charge in [0, 0.05) is 14.7 Å². The SMILES string of the molecule is CC(C)(C)[Si](OC[C@H]1O[C@H](O[C@@H]2[C@@H](N=[N+]=[N-])[C@@H](Sc3ccccc3)O[C@H](COc3ccc4ccccc4c3)[C@@H]2OC(=O)c2ccccc2)[C@H](N=[N+]=[N-])[C@@H](OCc2ccccc2)[C@H]1OCc1ccccc1)(c1ccccc1)c1ccccc1. The van der Waals surface area contributed by atoms with Gasteiger partial charge in [0.2, 0.25) is 0 Å². The molecule has 17 heteroatoms. The number of azide groups is 2. The lowest BCUT2D eigenvalue weighted by molar-refractivity contribution is -0.311. The second-order valence-corrected chi connectivity index (χ2v) is 26.5. The normalized spacial score (nSPS) is 22.7. The zero-order valence-electron chi connectivity index (χ0n) is 45.7. The van der Waals surface area contributed by atoms with E-state index in [2.05, 4.69) is 65.1 Å². The van der Waals surface area contributed by atoms with Crippen LogP contribution in [-0.4, -0.2) is 87.9 Å². The van der Waals surface area contributed by atoms with Gasteiger partial charge >= 0.3 is 5.97 Å². The Kier molecular flexibility index (Phi) is 19.2. The summed E-state index contributed by atoms with van der Waals surface area (Å²) >= 11 is 1.31. The van der Waals surface area contributed by atoms with Crippen molar-refractivity contribution in [1.82, 2.24) is 0 Å². The number of fused-ring (bicyclic) bond motifs is 1. The first-order chi connectivity index (χ1) is 40.1. The molecule has 0 unspecified atom stereocenters. The second kappa shape index (κ2) is 27.3. The summed E-state index contributed by atoms with van der Waals surface area (Å²) in [5.74, 6) is -0.154. The topological polar surface area (TPSA) is 188 Å². The van der Waals surface area contributed by atoms with Crippen LogP contribution >= 0.6 is 11.8 Å². The third-order valence-electron chi connectivity index (χ3n) is 14.7. The summed E-state index contributed by atoms with van der Waals surface area (Å²) < 4.78 is 56.4. The molecule has 2 aliphatic heterocycles. The number of thioether (sulfide) groups is 1. The van der Waals surface area contributed by atoms with E-state index < -0.39 is 79.8 Å². The van der Waals surface area contributed by atoms with Gasteiger partial charge in [0.05, 0.1) is 25.4 Å². The van der Waals surface area contributed by atoms with E-state index in [0.29, 0.717) is 5.75 Å². The molecule has 15 nitrogen and oxygen atoms in total. The molecular formula is C65H64N6O9SSi. The molecule has 0 N–H and O–H groups in total. The molecule has 2 fully saturated rings. The Morgan fingerprint density at radius 2 is 1.07 bits per heavy atom. The van der Waals surface area contributed by atoms with E-state index in [1.807, 2.05) is 170 Å². The molecule has 10 atom stereocenters. The Hall–Kier alpha value is -7.76. The van der Waals surface area contributed by atoms with E-state index in [1.54, 1.807) is 30.3 Å². The standard InChI is InChI=1S/C65H64N6O9SSi/c1-65(2,3)82(52-34-18-8-19-35-52,53-36-20-9-21-37-53)76-44-55-58(74-41-45-24-10-4-11-25-45)60(75-42-46-26-12-5-13-27-46)56(68-70-66)63(77-55)80-61-57(69-71-67)64(81-51-32-16-7-17-33-51)78-54(59(61)79-62(72)48-29-14-6-15-30-48)43-73-50-39-38-47-28-22-23-31-49(47)40-50/h4-40,54-61,63-64H,41-44H2,1-3H3/t54-,55-,56-,57-,58+,59+,60-,61-,63-,64-/m1/s1. The molecule has 2 aliphatic rings. The summed E-state index contributed by atoms with van der Waals surface area (Å²) in [4.78, 5) is 22.1. The van der Waals surface area contributed by atoms with Gasteiger partial charge in [-0.15, -0.1) is 0 Å². The minimum atomic E-state index is -3.28. The quantitative estimate of drug-likeness (QED) is 0.0208. The molecule has 0 radical (unpaired) electrons. The number of benzene rings is 8. The van der Waals surface area contributed by atoms with Gasteiger partial charge in [-0.05, 0) is 84.8 Å². The van der Waals surface area contributed by atoms with Gasteiger partial charge in [0.1, 0.15) is 60.4 Å². The summed E-state index contributed by atoms with van der Waals surface area (Å²) in [6, 6.07) is 69.3. The molecule has 82 heavy (non-hydrogen) atoms. The maximum absolute atomic E-state index is 14.5. The molecule has 0 bridgehead atoms. The third kappa shape index (κ3) is 13.6. The largest absolute Gasteiger partial charge is 0.491 e. The van der Waals surface area contributed by atoms with Crippen molar-refractivity contribution in [2.45, 2.75) is 104 Å². The van der Waals surface area contributed by atoms with Crippen molar-refractivity contribution in [2.75, 3.05) is 13.2 Å². The van der Waals surface area contributed by atoms with Crippen LogP contribution in [0.15, 0.2) is 240 Å². The maximum Gasteiger partial charge on any atom is 0.338 e. The molecule has 2 saturated heterocycles. The van der Waals surface area contributed by atoms with Crippen LogP contribution in [-0.2, 0) is 46.1 Å². The van der Waals surface area contributed by atoms with Gasteiger partial charge in [0.25, 0.3) is 8.32 Å². The van der Waals surface area contributed by atoms with Gasteiger partial charge in [-0.3, -0.25) is 0 Å². The Bertz CT molecular complexity index is 3380. The molecule has 0 aliphatic carbocycles. The Morgan fingerprint density at radius 1 is 0.561 bits per heavy atom. The van der Waals surface area contributed by atoms with Crippen molar-refractivity contribution >= 4 is 47.2 Å². The number of carbonyl (C=O) groups excluding carboxylic acids is 1. The number of carbonyl (C=O) groups is 1. The van der Waals surface area contributed by atoms with E-state index in [-0.39, 0.29) is 32.0 Å². The van der Waals surface area contributed by atoms with E-state index >= 15 is 0 Å². The molecule has 418 valence electrons. The number of ether oxygens (including phenoxy) is 7. The lowest BCUT2D eigenvalue weighted by Gasteiger charge is -2.50. The van der Waals surface area contributed by atoms with E-state index in [1.165, 1.54) is 11.8 Å². The average molecular weight is 1130 g/mol. The molecule has 10 rings (SSSR count). The first kappa shape index (κ1) is 57.5. The molecule has 0 saturated carbocycles.